The van der Waals surface area contributed by atoms with Crippen molar-refractivity contribution in [3.63, 3.8) is 0 Å². The fourth-order valence-electron chi connectivity index (χ4n) is 0.906. The summed E-state index contributed by atoms with van der Waals surface area (Å²) in [6.07, 6.45) is 0. The Balaban J connectivity index is 3.36. The minimum Gasteiger partial charge on any atom is -0.685 e. The molecule has 1 aromatic carbocycles. The average Bonchev–Trinajstić information content (AvgIpc) is 2.27. The third-order valence-corrected chi connectivity index (χ3v) is 1.47. The van der Waals surface area contributed by atoms with E-state index in [4.69, 9.17) is 0 Å². The van der Waals surface area contributed by atoms with E-state index in [1.54, 1.807) is 14.1 Å². The predicted molar refractivity (Wildman–Crippen MR) is 46.9 cm³/mol. The summed E-state index contributed by atoms with van der Waals surface area (Å²) < 4.78 is 0. The Hall–Kier alpha value is -1.31. The van der Waals surface area contributed by atoms with Crippen LogP contribution in [0.3, 0.4) is 0 Å². The second-order valence-corrected chi connectivity index (χ2v) is 2.13. The molecule has 2 heteroatoms. The van der Waals surface area contributed by atoms with Crippen molar-refractivity contribution in [2.24, 2.45) is 4.99 Å². The van der Waals surface area contributed by atoms with Gasteiger partial charge in [0.1, 0.15) is 0 Å². The van der Waals surface area contributed by atoms with Gasteiger partial charge in [0.2, 0.25) is 0 Å². The molecule has 0 bridgehead atoms. The van der Waals surface area contributed by atoms with Crippen LogP contribution in [0, 0.1) is 0 Å². The van der Waals surface area contributed by atoms with Crippen molar-refractivity contribution in [3.05, 3.63) is 41.0 Å². The Morgan fingerprint density at radius 1 is 1.18 bits per heavy atom. The molecule has 11 heavy (non-hydrogen) atoms. The summed E-state index contributed by atoms with van der Waals surface area (Å²) in [5.41, 5.74) is 0.928. The van der Waals surface area contributed by atoms with Gasteiger partial charge in [-0.25, -0.2) is 0 Å². The Bertz CT molecular complexity index is 292. The van der Waals surface area contributed by atoms with Gasteiger partial charge in [-0.15, -0.1) is 12.7 Å². The van der Waals surface area contributed by atoms with Crippen LogP contribution in [-0.2, 0) is 0 Å². The normalized spacial score (nSPS) is 11.3. The molecule has 0 saturated heterocycles. The van der Waals surface area contributed by atoms with Gasteiger partial charge in [0.15, 0.2) is 0 Å². The van der Waals surface area contributed by atoms with Gasteiger partial charge in [0.25, 0.3) is 0 Å². The summed E-state index contributed by atoms with van der Waals surface area (Å²) >= 11 is 0. The maximum absolute atomic E-state index is 4.09. The molecule has 0 heterocycles. The lowest BCUT2D eigenvalue weighted by Gasteiger charge is -2.10. The third-order valence-electron chi connectivity index (χ3n) is 1.47. The summed E-state index contributed by atoms with van der Waals surface area (Å²) in [7, 11) is 3.54. The molecular weight excluding hydrogens is 136 g/mol. The first-order valence-electron chi connectivity index (χ1n) is 3.50. The van der Waals surface area contributed by atoms with Crippen LogP contribution in [0.2, 0.25) is 0 Å². The minimum atomic E-state index is 0.928. The van der Waals surface area contributed by atoms with E-state index < -0.39 is 0 Å². The zero-order valence-electron chi connectivity index (χ0n) is 6.78. The highest BCUT2D eigenvalue weighted by molar-refractivity contribution is 5.45. The fourth-order valence-corrected chi connectivity index (χ4v) is 0.906. The van der Waals surface area contributed by atoms with E-state index in [0.717, 1.165) is 11.0 Å². The van der Waals surface area contributed by atoms with Gasteiger partial charge in [-0.05, 0) is 6.07 Å². The molecule has 0 amide bonds. The zero-order chi connectivity index (χ0) is 8.10. The van der Waals surface area contributed by atoms with Gasteiger partial charge in [0.05, 0.1) is 0 Å². The Labute approximate surface area is 66.6 Å². The summed E-state index contributed by atoms with van der Waals surface area (Å²) in [6.45, 7) is 0. The van der Waals surface area contributed by atoms with Crippen molar-refractivity contribution in [1.82, 2.24) is 0 Å². The molecule has 58 valence electrons. The Morgan fingerprint density at radius 2 is 1.91 bits per heavy atom. The number of hydrogen-bond acceptors (Lipinski definition) is 1. The van der Waals surface area contributed by atoms with Gasteiger partial charge in [-0.1, -0.05) is 24.3 Å². The molecule has 0 N–H and O–H groups in total. The minimum absolute atomic E-state index is 0.928. The van der Waals surface area contributed by atoms with Gasteiger partial charge in [0, 0.05) is 12.4 Å². The first kappa shape index (κ1) is 7.79. The first-order valence-corrected chi connectivity index (χ1v) is 3.50. The quantitative estimate of drug-likeness (QED) is 0.579. The molecule has 1 aromatic rings. The van der Waals surface area contributed by atoms with Crippen LogP contribution >= 0.6 is 0 Å². The first-order chi connectivity index (χ1) is 5.38. The molecule has 1 rings (SSSR count). The zero-order valence-corrected chi connectivity index (χ0v) is 6.78. The summed E-state index contributed by atoms with van der Waals surface area (Å²) in [5, 5.41) is 5.02. The molecule has 0 fully saturated rings. The highest BCUT2D eigenvalue weighted by Crippen LogP contribution is 2.05. The molecule has 0 aliphatic heterocycles. The van der Waals surface area contributed by atoms with Crippen molar-refractivity contribution in [1.29, 1.82) is 0 Å². The van der Waals surface area contributed by atoms with E-state index >= 15 is 0 Å². The Morgan fingerprint density at radius 3 is 2.55 bits per heavy atom. The van der Waals surface area contributed by atoms with Crippen LogP contribution in [-0.4, -0.2) is 14.1 Å². The largest absolute Gasteiger partial charge is 0.685 e. The van der Waals surface area contributed by atoms with Gasteiger partial charge in [-0.2, -0.15) is 0 Å². The van der Waals surface area contributed by atoms with Crippen LogP contribution in [0.5, 0.6) is 0 Å². The molecule has 0 spiro atoms. The number of hydrogen-bond donors (Lipinski definition) is 0. The predicted octanol–water partition coefficient (Wildman–Crippen LogP) is 1.85. The van der Waals surface area contributed by atoms with Crippen LogP contribution in [0.1, 0.15) is 0 Å². The van der Waals surface area contributed by atoms with Crippen LogP contribution in [0.25, 0.3) is 5.32 Å². The highest BCUT2D eigenvalue weighted by Gasteiger charge is 1.77. The van der Waals surface area contributed by atoms with Crippen molar-refractivity contribution in [2.75, 3.05) is 14.1 Å². The van der Waals surface area contributed by atoms with Crippen molar-refractivity contribution in [3.8, 4) is 0 Å². The molecule has 0 aliphatic rings. The molecule has 0 saturated carbocycles. The number of rotatable bonds is 1. The molecule has 0 radical (unpaired) electrons. The van der Waals surface area contributed by atoms with Crippen LogP contribution in [0.4, 0.5) is 5.69 Å². The van der Waals surface area contributed by atoms with E-state index in [1.807, 2.05) is 30.3 Å². The second kappa shape index (κ2) is 3.76. The topological polar surface area (TPSA) is 26.5 Å². The van der Waals surface area contributed by atoms with E-state index in [-0.39, 0.29) is 0 Å². The van der Waals surface area contributed by atoms with Gasteiger partial charge >= 0.3 is 0 Å². The smallest absolute Gasteiger partial charge is 0.0421 e. The number of nitrogens with zero attached hydrogens (tertiary/aromatic N) is 2. The standard InChI is InChI=1S/C9H11N2/c1-10-8-6-4-3-5-7-9(8)11-2/h3-7H,1-2H3/q-1. The van der Waals surface area contributed by atoms with Gasteiger partial charge < -0.3 is 5.32 Å². The van der Waals surface area contributed by atoms with E-state index in [9.17, 15) is 0 Å². The molecule has 2 nitrogen and oxygen atoms in total. The monoisotopic (exact) mass is 147 g/mol. The highest BCUT2D eigenvalue weighted by atomic mass is 14.8. The maximum atomic E-state index is 4.09. The van der Waals surface area contributed by atoms with Crippen molar-refractivity contribution < 1.29 is 0 Å². The Kier molecular flexibility index (Phi) is 2.66. The fraction of sp³-hybridized carbons (Fsp3) is 0.222. The lowest BCUT2D eigenvalue weighted by Crippen LogP contribution is -1.96. The third kappa shape index (κ3) is 1.80. The molecule has 0 aliphatic carbocycles. The average molecular weight is 147 g/mol. The summed E-state index contributed by atoms with van der Waals surface area (Å²) in [6, 6.07) is 9.77. The van der Waals surface area contributed by atoms with E-state index in [1.165, 1.54) is 0 Å². The molecule has 0 aromatic heterocycles. The van der Waals surface area contributed by atoms with E-state index in [2.05, 4.69) is 10.3 Å². The molecule has 0 unspecified atom stereocenters. The lowest BCUT2D eigenvalue weighted by atomic mass is 10.4. The van der Waals surface area contributed by atoms with Crippen LogP contribution in [0.15, 0.2) is 35.3 Å². The maximum Gasteiger partial charge on any atom is 0.0421 e. The lowest BCUT2D eigenvalue weighted by molar-refractivity contribution is 1.28. The second-order valence-electron chi connectivity index (χ2n) is 2.13. The molecule has 0 atom stereocenters. The van der Waals surface area contributed by atoms with Crippen LogP contribution < -0.4 is 5.36 Å². The van der Waals surface area contributed by atoms with E-state index in [0.29, 0.717) is 0 Å². The SMILES string of the molecule is CN=c1cccccc1[N-]C. The van der Waals surface area contributed by atoms with Crippen molar-refractivity contribution >= 4 is 5.69 Å². The molecular formula is C9H11N2-. The van der Waals surface area contributed by atoms with Gasteiger partial charge in [-0.3, -0.25) is 4.99 Å². The van der Waals surface area contributed by atoms with Crippen molar-refractivity contribution in [2.45, 2.75) is 0 Å². The summed E-state index contributed by atoms with van der Waals surface area (Å²) in [5.74, 6) is 0. The summed E-state index contributed by atoms with van der Waals surface area (Å²) in [4.78, 5) is 4.09.